The van der Waals surface area contributed by atoms with E-state index in [0.717, 1.165) is 18.6 Å². The van der Waals surface area contributed by atoms with Crippen LogP contribution in [0.2, 0.25) is 0 Å². The third kappa shape index (κ3) is 2.51. The van der Waals surface area contributed by atoms with E-state index in [4.69, 9.17) is 4.74 Å². The van der Waals surface area contributed by atoms with Gasteiger partial charge in [0.25, 0.3) is 0 Å². The predicted molar refractivity (Wildman–Crippen MR) is 88.9 cm³/mol. The number of nitrogens with zero attached hydrogens (tertiary/aromatic N) is 4. The maximum Gasteiger partial charge on any atom is 0.350 e. The van der Waals surface area contributed by atoms with Crippen molar-refractivity contribution in [2.75, 3.05) is 6.61 Å². The Morgan fingerprint density at radius 3 is 2.58 bits per heavy atom. The van der Waals surface area contributed by atoms with Crippen LogP contribution in [0.1, 0.15) is 19.8 Å². The van der Waals surface area contributed by atoms with Gasteiger partial charge in [-0.3, -0.25) is 9.36 Å². The molecule has 7 heteroatoms. The van der Waals surface area contributed by atoms with Crippen LogP contribution < -0.4 is 16.0 Å². The molecule has 0 aliphatic heterocycles. The Morgan fingerprint density at radius 2 is 1.92 bits per heavy atom. The van der Waals surface area contributed by atoms with Crippen LogP contribution in [0.25, 0.3) is 11.3 Å². The highest BCUT2D eigenvalue weighted by molar-refractivity contribution is 5.42. The van der Waals surface area contributed by atoms with Crippen LogP contribution in [0.15, 0.2) is 46.2 Å². The molecule has 7 nitrogen and oxygen atoms in total. The summed E-state index contributed by atoms with van der Waals surface area (Å²) in [4.78, 5) is 25.0. The maximum absolute atomic E-state index is 12.7. The van der Waals surface area contributed by atoms with Gasteiger partial charge in [-0.15, -0.1) is 5.10 Å². The van der Waals surface area contributed by atoms with Gasteiger partial charge in [-0.2, -0.15) is 0 Å². The number of aromatic nitrogens is 4. The van der Waals surface area contributed by atoms with Gasteiger partial charge in [-0.05, 0) is 49.9 Å². The molecule has 1 saturated carbocycles. The van der Waals surface area contributed by atoms with Crippen LogP contribution in [-0.2, 0) is 6.54 Å². The zero-order valence-electron chi connectivity index (χ0n) is 13.4. The number of fused-ring (bicyclic) bond motifs is 1. The maximum atomic E-state index is 12.7. The van der Waals surface area contributed by atoms with E-state index in [-0.39, 0.29) is 16.9 Å². The first-order valence-electron chi connectivity index (χ1n) is 8.11. The summed E-state index contributed by atoms with van der Waals surface area (Å²) in [7, 11) is 0. The average Bonchev–Trinajstić information content (AvgIpc) is 3.34. The van der Waals surface area contributed by atoms with E-state index >= 15 is 0 Å². The number of hydrogen-bond donors (Lipinski definition) is 0. The summed E-state index contributed by atoms with van der Waals surface area (Å²) in [6.45, 7) is 3.09. The molecule has 2 aromatic heterocycles. The normalized spacial score (nSPS) is 14.2. The lowest BCUT2D eigenvalue weighted by molar-refractivity contribution is 0.340. The highest BCUT2D eigenvalue weighted by atomic mass is 16.5. The SMILES string of the molecule is CCOc1ccc(-n2ccn3c(=O)n(CC4CC4)nc3c2=O)cc1. The predicted octanol–water partition coefficient (Wildman–Crippen LogP) is 1.46. The fraction of sp³-hybridized carbons (Fsp3) is 0.353. The first kappa shape index (κ1) is 14.7. The van der Waals surface area contributed by atoms with Crippen LogP contribution in [0, 0.1) is 5.92 Å². The fourth-order valence-electron chi connectivity index (χ4n) is 2.75. The Bertz CT molecular complexity index is 993. The topological polar surface area (TPSA) is 70.5 Å². The van der Waals surface area contributed by atoms with Gasteiger partial charge in [0, 0.05) is 24.6 Å². The molecule has 3 aromatic rings. The summed E-state index contributed by atoms with van der Waals surface area (Å²) < 4.78 is 9.61. The average molecular weight is 326 g/mol. The summed E-state index contributed by atoms with van der Waals surface area (Å²) in [6.07, 6.45) is 5.43. The van der Waals surface area contributed by atoms with Gasteiger partial charge in [0.2, 0.25) is 5.65 Å². The zero-order chi connectivity index (χ0) is 16.7. The molecule has 0 atom stereocenters. The van der Waals surface area contributed by atoms with Crippen molar-refractivity contribution in [3.8, 4) is 11.4 Å². The second kappa shape index (κ2) is 5.67. The molecule has 0 bridgehead atoms. The smallest absolute Gasteiger partial charge is 0.350 e. The summed E-state index contributed by atoms with van der Waals surface area (Å²) in [5, 5.41) is 4.23. The minimum absolute atomic E-state index is 0.150. The number of ether oxygens (including phenoxy) is 1. The van der Waals surface area contributed by atoms with Crippen LogP contribution in [0.4, 0.5) is 0 Å². The highest BCUT2D eigenvalue weighted by Crippen LogP contribution is 2.29. The number of hydrogen-bond acceptors (Lipinski definition) is 4. The van der Waals surface area contributed by atoms with Gasteiger partial charge < -0.3 is 4.74 Å². The molecule has 0 spiro atoms. The molecule has 4 rings (SSSR count). The molecule has 1 aromatic carbocycles. The van der Waals surface area contributed by atoms with Gasteiger partial charge in [-0.1, -0.05) is 0 Å². The number of benzene rings is 1. The zero-order valence-corrected chi connectivity index (χ0v) is 13.4. The van der Waals surface area contributed by atoms with Gasteiger partial charge in [0.1, 0.15) is 5.75 Å². The number of rotatable bonds is 5. The molecule has 0 radical (unpaired) electrons. The first-order valence-corrected chi connectivity index (χ1v) is 8.11. The Hall–Kier alpha value is -2.83. The van der Waals surface area contributed by atoms with E-state index in [1.807, 2.05) is 31.2 Å². The second-order valence-electron chi connectivity index (χ2n) is 6.00. The second-order valence-corrected chi connectivity index (χ2v) is 6.00. The van der Waals surface area contributed by atoms with Crippen molar-refractivity contribution in [1.82, 2.24) is 18.7 Å². The molecule has 24 heavy (non-hydrogen) atoms. The van der Waals surface area contributed by atoms with Crippen molar-refractivity contribution in [1.29, 1.82) is 0 Å². The monoisotopic (exact) mass is 326 g/mol. The first-order chi connectivity index (χ1) is 11.7. The molecule has 1 fully saturated rings. The van der Waals surface area contributed by atoms with Gasteiger partial charge in [0.05, 0.1) is 6.61 Å². The molecule has 0 unspecified atom stereocenters. The Morgan fingerprint density at radius 1 is 1.17 bits per heavy atom. The third-order valence-electron chi connectivity index (χ3n) is 4.20. The highest BCUT2D eigenvalue weighted by Gasteiger charge is 2.24. The van der Waals surface area contributed by atoms with Crippen molar-refractivity contribution in [2.45, 2.75) is 26.3 Å². The van der Waals surface area contributed by atoms with Crippen molar-refractivity contribution in [3.05, 3.63) is 57.5 Å². The fourth-order valence-corrected chi connectivity index (χ4v) is 2.75. The van der Waals surface area contributed by atoms with Crippen LogP contribution >= 0.6 is 0 Å². The summed E-state index contributed by atoms with van der Waals surface area (Å²) in [5.74, 6) is 1.27. The summed E-state index contributed by atoms with van der Waals surface area (Å²) in [6, 6.07) is 7.24. The summed E-state index contributed by atoms with van der Waals surface area (Å²) >= 11 is 0. The molecule has 124 valence electrons. The van der Waals surface area contributed by atoms with Gasteiger partial charge in [0.15, 0.2) is 0 Å². The lowest BCUT2D eigenvalue weighted by Crippen LogP contribution is -2.24. The molecule has 0 amide bonds. The molecule has 2 heterocycles. The van der Waals surface area contributed by atoms with E-state index in [0.29, 0.717) is 24.8 Å². The van der Waals surface area contributed by atoms with Gasteiger partial charge >= 0.3 is 11.2 Å². The van der Waals surface area contributed by atoms with Crippen LogP contribution in [-0.4, -0.2) is 25.4 Å². The van der Waals surface area contributed by atoms with E-state index in [2.05, 4.69) is 5.10 Å². The van der Waals surface area contributed by atoms with Crippen molar-refractivity contribution in [2.24, 2.45) is 5.92 Å². The Kier molecular flexibility index (Phi) is 3.48. The Labute approximate surface area is 137 Å². The Balaban J connectivity index is 1.77. The third-order valence-corrected chi connectivity index (χ3v) is 4.20. The minimum atomic E-state index is -0.312. The molecular formula is C17H18N4O3. The lowest BCUT2D eigenvalue weighted by Gasteiger charge is -2.07. The van der Waals surface area contributed by atoms with Crippen LogP contribution in [0.3, 0.4) is 0 Å². The molecular weight excluding hydrogens is 308 g/mol. The van der Waals surface area contributed by atoms with E-state index < -0.39 is 0 Å². The van der Waals surface area contributed by atoms with Crippen molar-refractivity contribution in [3.63, 3.8) is 0 Å². The van der Waals surface area contributed by atoms with Crippen molar-refractivity contribution < 1.29 is 4.74 Å². The van der Waals surface area contributed by atoms with Crippen molar-refractivity contribution >= 4 is 5.65 Å². The van der Waals surface area contributed by atoms with E-state index in [1.165, 1.54) is 13.6 Å². The quantitative estimate of drug-likeness (QED) is 0.712. The molecule has 0 saturated heterocycles. The molecule has 0 N–H and O–H groups in total. The summed E-state index contributed by atoms with van der Waals surface area (Å²) in [5.41, 5.74) is 0.285. The van der Waals surface area contributed by atoms with E-state index in [9.17, 15) is 9.59 Å². The lowest BCUT2D eigenvalue weighted by atomic mass is 10.3. The standard InChI is InChI=1S/C17H18N4O3/c1-2-24-14-7-5-13(6-8-14)19-9-10-20-15(16(19)22)18-21(17(20)23)11-12-3-4-12/h5-10,12H,2-4,11H2,1H3. The van der Waals surface area contributed by atoms with Crippen LogP contribution in [0.5, 0.6) is 5.75 Å². The largest absolute Gasteiger partial charge is 0.494 e. The molecule has 1 aliphatic rings. The van der Waals surface area contributed by atoms with E-state index in [1.54, 1.807) is 12.4 Å². The molecule has 1 aliphatic carbocycles. The minimum Gasteiger partial charge on any atom is -0.494 e. The van der Waals surface area contributed by atoms with Gasteiger partial charge in [-0.25, -0.2) is 13.9 Å².